The number of nitrogens with zero attached hydrogens (tertiary/aromatic N) is 4. The van der Waals surface area contributed by atoms with E-state index in [4.69, 9.17) is 4.98 Å². The Labute approximate surface area is 186 Å². The predicted molar refractivity (Wildman–Crippen MR) is 123 cm³/mol. The van der Waals surface area contributed by atoms with Gasteiger partial charge >= 0.3 is 0 Å². The molecular weight excluding hydrogens is 404 g/mol. The van der Waals surface area contributed by atoms with Crippen molar-refractivity contribution in [1.82, 2.24) is 15.0 Å². The molecule has 0 saturated carbocycles. The van der Waals surface area contributed by atoms with Crippen LogP contribution in [0.2, 0.25) is 0 Å². The molecule has 1 saturated heterocycles. The van der Waals surface area contributed by atoms with E-state index in [0.717, 1.165) is 42.7 Å². The van der Waals surface area contributed by atoms with Crippen molar-refractivity contribution in [3.63, 3.8) is 0 Å². The molecule has 0 spiro atoms. The predicted octanol–water partition coefficient (Wildman–Crippen LogP) is 3.62. The molecule has 8 heteroatoms. The van der Waals surface area contributed by atoms with Gasteiger partial charge in [0.15, 0.2) is 0 Å². The number of anilines is 3. The van der Waals surface area contributed by atoms with Crippen LogP contribution in [0.3, 0.4) is 0 Å². The van der Waals surface area contributed by atoms with E-state index in [2.05, 4.69) is 25.5 Å². The molecule has 2 N–H and O–H groups in total. The van der Waals surface area contributed by atoms with Gasteiger partial charge in [-0.05, 0) is 62.6 Å². The minimum absolute atomic E-state index is 0.0538. The number of rotatable bonds is 4. The van der Waals surface area contributed by atoms with E-state index < -0.39 is 5.41 Å². The summed E-state index contributed by atoms with van der Waals surface area (Å²) in [5.41, 5.74) is 3.34. The Morgan fingerprint density at radius 2 is 1.88 bits per heavy atom. The van der Waals surface area contributed by atoms with Crippen LogP contribution in [0.5, 0.6) is 0 Å². The number of hydrogen-bond donors (Lipinski definition) is 2. The van der Waals surface area contributed by atoms with Crippen molar-refractivity contribution in [3.05, 3.63) is 60.0 Å². The molecule has 0 aliphatic carbocycles. The topological polar surface area (TPSA) is 100 Å². The maximum atomic E-state index is 13.3. The smallest absolute Gasteiger partial charge is 0.259 e. The standard InChI is InChI=1S/C24H24N6O2/c1-24(2)18-13-16(5-6-19(18)28-22(24)32)27-21(31)17-14-26-23(30-11-3-4-12-30)29-20(17)15-7-9-25-10-8-15/h5-10,13-14H,3-4,11-12H2,1-2H3,(H,27,31)(H,28,32). The molecule has 8 nitrogen and oxygen atoms in total. The van der Waals surface area contributed by atoms with Crippen LogP contribution in [0.1, 0.15) is 42.6 Å². The number of benzene rings is 1. The quantitative estimate of drug-likeness (QED) is 0.658. The van der Waals surface area contributed by atoms with Crippen LogP contribution in [0.4, 0.5) is 17.3 Å². The molecule has 4 heterocycles. The van der Waals surface area contributed by atoms with Gasteiger partial charge in [0, 0.05) is 48.6 Å². The molecule has 2 aliphatic rings. The molecule has 2 aromatic heterocycles. The highest BCUT2D eigenvalue weighted by Crippen LogP contribution is 2.38. The highest BCUT2D eigenvalue weighted by molar-refractivity contribution is 6.09. The monoisotopic (exact) mass is 428 g/mol. The summed E-state index contributed by atoms with van der Waals surface area (Å²) in [4.78, 5) is 40.9. The molecule has 32 heavy (non-hydrogen) atoms. The van der Waals surface area contributed by atoms with E-state index in [-0.39, 0.29) is 11.8 Å². The van der Waals surface area contributed by atoms with Crippen LogP contribution >= 0.6 is 0 Å². The first-order valence-electron chi connectivity index (χ1n) is 10.7. The Morgan fingerprint density at radius 1 is 1.12 bits per heavy atom. The lowest BCUT2D eigenvalue weighted by atomic mass is 9.86. The number of pyridine rings is 1. The van der Waals surface area contributed by atoms with Gasteiger partial charge in [0.05, 0.1) is 16.7 Å². The first-order valence-corrected chi connectivity index (χ1v) is 10.7. The van der Waals surface area contributed by atoms with Crippen LogP contribution in [-0.4, -0.2) is 39.9 Å². The maximum absolute atomic E-state index is 13.3. The van der Waals surface area contributed by atoms with Crippen molar-refractivity contribution in [2.45, 2.75) is 32.1 Å². The van der Waals surface area contributed by atoms with E-state index >= 15 is 0 Å². The summed E-state index contributed by atoms with van der Waals surface area (Å²) in [6.45, 7) is 5.57. The lowest BCUT2D eigenvalue weighted by Crippen LogP contribution is -2.27. The van der Waals surface area contributed by atoms with Crippen molar-refractivity contribution >= 4 is 29.1 Å². The van der Waals surface area contributed by atoms with Crippen molar-refractivity contribution in [3.8, 4) is 11.3 Å². The van der Waals surface area contributed by atoms with Gasteiger partial charge in [0.2, 0.25) is 11.9 Å². The van der Waals surface area contributed by atoms with Crippen LogP contribution in [0, 0.1) is 0 Å². The zero-order valence-corrected chi connectivity index (χ0v) is 18.1. The molecule has 0 atom stereocenters. The zero-order valence-electron chi connectivity index (χ0n) is 18.1. The molecule has 0 unspecified atom stereocenters. The maximum Gasteiger partial charge on any atom is 0.259 e. The second-order valence-corrected chi connectivity index (χ2v) is 8.66. The summed E-state index contributed by atoms with van der Waals surface area (Å²) in [7, 11) is 0. The molecule has 2 aliphatic heterocycles. The Kier molecular flexibility index (Phi) is 4.84. The van der Waals surface area contributed by atoms with Crippen LogP contribution in [0.25, 0.3) is 11.3 Å². The van der Waals surface area contributed by atoms with Gasteiger partial charge in [0.1, 0.15) is 0 Å². The Bertz CT molecular complexity index is 1200. The minimum atomic E-state index is -0.654. The number of carbonyl (C=O) groups is 2. The van der Waals surface area contributed by atoms with Crippen LogP contribution in [0.15, 0.2) is 48.9 Å². The lowest BCUT2D eigenvalue weighted by Gasteiger charge is -2.18. The summed E-state index contributed by atoms with van der Waals surface area (Å²) < 4.78 is 0. The minimum Gasteiger partial charge on any atom is -0.341 e. The van der Waals surface area contributed by atoms with E-state index in [9.17, 15) is 9.59 Å². The first-order chi connectivity index (χ1) is 15.4. The van der Waals surface area contributed by atoms with E-state index in [1.807, 2.05) is 38.1 Å². The molecule has 0 radical (unpaired) electrons. The summed E-state index contributed by atoms with van der Waals surface area (Å²) in [6.07, 6.45) is 7.18. The molecule has 0 bridgehead atoms. The average molecular weight is 428 g/mol. The fourth-order valence-electron chi connectivity index (χ4n) is 4.19. The highest BCUT2D eigenvalue weighted by Gasteiger charge is 2.38. The summed E-state index contributed by atoms with van der Waals surface area (Å²) in [5.74, 6) is 0.274. The average Bonchev–Trinajstić information content (AvgIpc) is 3.41. The van der Waals surface area contributed by atoms with Crippen molar-refractivity contribution in [2.24, 2.45) is 0 Å². The van der Waals surface area contributed by atoms with Gasteiger partial charge in [-0.1, -0.05) is 0 Å². The fourth-order valence-corrected chi connectivity index (χ4v) is 4.19. The Morgan fingerprint density at radius 3 is 2.62 bits per heavy atom. The third-order valence-electron chi connectivity index (χ3n) is 6.13. The number of fused-ring (bicyclic) bond motifs is 1. The molecule has 3 aromatic rings. The second-order valence-electron chi connectivity index (χ2n) is 8.66. The van der Waals surface area contributed by atoms with E-state index in [1.165, 1.54) is 0 Å². The van der Waals surface area contributed by atoms with Crippen LogP contribution in [-0.2, 0) is 10.2 Å². The third kappa shape index (κ3) is 3.47. The van der Waals surface area contributed by atoms with Gasteiger partial charge in [-0.15, -0.1) is 0 Å². The SMILES string of the molecule is CC1(C)C(=O)Nc2ccc(NC(=O)c3cnc(N4CCCC4)nc3-c3ccncc3)cc21. The van der Waals surface area contributed by atoms with Crippen LogP contribution < -0.4 is 15.5 Å². The molecule has 162 valence electrons. The number of hydrogen-bond acceptors (Lipinski definition) is 6. The summed E-state index contributed by atoms with van der Waals surface area (Å²) in [6, 6.07) is 9.11. The van der Waals surface area contributed by atoms with Crippen molar-refractivity contribution in [1.29, 1.82) is 0 Å². The first kappa shape index (κ1) is 20.1. The summed E-state index contributed by atoms with van der Waals surface area (Å²) in [5, 5.41) is 5.83. The molecule has 2 amide bonds. The number of carbonyl (C=O) groups excluding carboxylic acids is 2. The Balaban J connectivity index is 1.49. The van der Waals surface area contributed by atoms with E-state index in [1.54, 1.807) is 24.7 Å². The van der Waals surface area contributed by atoms with Gasteiger partial charge in [0.25, 0.3) is 5.91 Å². The highest BCUT2D eigenvalue weighted by atomic mass is 16.2. The largest absolute Gasteiger partial charge is 0.341 e. The Hall–Kier alpha value is -3.81. The van der Waals surface area contributed by atoms with Gasteiger partial charge in [-0.2, -0.15) is 0 Å². The molecule has 5 rings (SSSR count). The lowest BCUT2D eigenvalue weighted by molar-refractivity contribution is -0.119. The van der Waals surface area contributed by atoms with Gasteiger partial charge in [-0.3, -0.25) is 14.6 Å². The third-order valence-corrected chi connectivity index (χ3v) is 6.13. The fraction of sp³-hybridized carbons (Fsp3) is 0.292. The zero-order chi connectivity index (χ0) is 22.3. The molecule has 1 aromatic carbocycles. The summed E-state index contributed by atoms with van der Waals surface area (Å²) >= 11 is 0. The molecular formula is C24H24N6O2. The normalized spacial score (nSPS) is 16.6. The number of nitrogens with one attached hydrogen (secondary N) is 2. The van der Waals surface area contributed by atoms with Gasteiger partial charge in [-0.25, -0.2) is 9.97 Å². The molecule has 1 fully saturated rings. The van der Waals surface area contributed by atoms with Crippen molar-refractivity contribution < 1.29 is 9.59 Å². The second kappa shape index (κ2) is 7.71. The number of amides is 2. The van der Waals surface area contributed by atoms with Gasteiger partial charge < -0.3 is 15.5 Å². The van der Waals surface area contributed by atoms with E-state index in [0.29, 0.717) is 22.9 Å². The number of aromatic nitrogens is 3. The van der Waals surface area contributed by atoms with Crippen molar-refractivity contribution in [2.75, 3.05) is 28.6 Å².